The number of anilines is 2. The quantitative estimate of drug-likeness (QED) is 0.378. The van der Waals surface area contributed by atoms with Crippen molar-refractivity contribution in [2.45, 2.75) is 68.6 Å². The second-order valence-corrected chi connectivity index (χ2v) is 12.7. The van der Waals surface area contributed by atoms with Gasteiger partial charge in [-0.25, -0.2) is 13.8 Å². The fourth-order valence-electron chi connectivity index (χ4n) is 7.44. The van der Waals surface area contributed by atoms with Crippen LogP contribution in [0.1, 0.15) is 43.2 Å². The summed E-state index contributed by atoms with van der Waals surface area (Å²) in [4.78, 5) is 16.5. The van der Waals surface area contributed by atoms with Gasteiger partial charge in [0.2, 0.25) is 0 Å². The lowest BCUT2D eigenvalue weighted by Gasteiger charge is -2.51. The molecule has 236 valence electrons. The third-order valence-corrected chi connectivity index (χ3v) is 10.2. The van der Waals surface area contributed by atoms with Crippen LogP contribution in [0.3, 0.4) is 0 Å². The van der Waals surface area contributed by atoms with Gasteiger partial charge in [0, 0.05) is 20.0 Å². The Morgan fingerprint density at radius 2 is 2.02 bits per heavy atom. The van der Waals surface area contributed by atoms with Crippen LogP contribution in [0.15, 0.2) is 6.07 Å². The van der Waals surface area contributed by atoms with Crippen LogP contribution in [0.2, 0.25) is 5.02 Å². The minimum Gasteiger partial charge on any atom is -0.489 e. The van der Waals surface area contributed by atoms with Crippen LogP contribution >= 0.6 is 11.6 Å². The van der Waals surface area contributed by atoms with Gasteiger partial charge < -0.3 is 25.2 Å². The number of likely N-dealkylation sites (N-methyl/N-ethyl adjacent to an activating group) is 1. The zero-order valence-electron chi connectivity index (χ0n) is 23.9. The van der Waals surface area contributed by atoms with Crippen LogP contribution in [0.5, 0.6) is 11.8 Å². The van der Waals surface area contributed by atoms with Crippen molar-refractivity contribution in [1.29, 1.82) is 0 Å². The molecule has 0 bridgehead atoms. The topological polar surface area (TPSA) is 110 Å². The number of aliphatic hydroxyl groups is 1. The van der Waals surface area contributed by atoms with Gasteiger partial charge in [-0.05, 0) is 50.8 Å². The lowest BCUT2D eigenvalue weighted by Crippen LogP contribution is -2.65. The lowest BCUT2D eigenvalue weighted by atomic mass is 9.73. The molecule has 3 N–H and O–H groups in total. The molecule has 2 aromatic heterocycles. The van der Waals surface area contributed by atoms with Crippen LogP contribution < -0.4 is 20.1 Å². The molecule has 7 rings (SSSR count). The number of pyridine rings is 1. The maximum absolute atomic E-state index is 16.7. The van der Waals surface area contributed by atoms with E-state index in [-0.39, 0.29) is 54.0 Å². The second-order valence-electron chi connectivity index (χ2n) is 12.3. The molecule has 2 unspecified atom stereocenters. The number of hydrogen-bond acceptors (Lipinski definition) is 9. The molecule has 44 heavy (non-hydrogen) atoms. The van der Waals surface area contributed by atoms with Crippen molar-refractivity contribution in [1.82, 2.24) is 19.9 Å². The third kappa shape index (κ3) is 4.20. The number of fused-ring (bicyclic) bond motifs is 1. The maximum atomic E-state index is 16.7. The normalized spacial score (nSPS) is 28.2. The molecule has 4 aliphatic rings. The number of benzene rings is 1. The summed E-state index contributed by atoms with van der Waals surface area (Å²) in [5.74, 6) is -1.47. The predicted molar refractivity (Wildman–Crippen MR) is 152 cm³/mol. The lowest BCUT2D eigenvalue weighted by molar-refractivity contribution is -0.137. The average molecular weight is 641 g/mol. The molecule has 4 atom stereocenters. The first-order chi connectivity index (χ1) is 20.8. The number of hydrogen-bond donors (Lipinski definition) is 2. The van der Waals surface area contributed by atoms with E-state index < -0.39 is 62.7 Å². The first kappa shape index (κ1) is 29.5. The summed E-state index contributed by atoms with van der Waals surface area (Å²) < 4.78 is 86.3. The Hall–Kier alpha value is -3.23. The smallest absolute Gasteiger partial charge is 0.418 e. The number of ether oxygens (including phenoxy) is 2. The Morgan fingerprint density at radius 1 is 1.25 bits per heavy atom. The zero-order valence-corrected chi connectivity index (χ0v) is 24.7. The first-order valence-electron chi connectivity index (χ1n) is 14.4. The number of nitrogens with two attached hydrogens (primary N) is 1. The van der Waals surface area contributed by atoms with E-state index in [9.17, 15) is 22.7 Å². The Labute approximate surface area is 254 Å². The Bertz CT molecular complexity index is 1690. The summed E-state index contributed by atoms with van der Waals surface area (Å²) in [6.45, 7) is 2.14. The van der Waals surface area contributed by atoms with Crippen molar-refractivity contribution in [2.24, 2.45) is 0 Å². The van der Waals surface area contributed by atoms with Crippen LogP contribution in [-0.2, 0) is 6.18 Å². The van der Waals surface area contributed by atoms with Gasteiger partial charge in [0.05, 0.1) is 38.9 Å². The molecule has 1 saturated carbocycles. The standard InChI is InChI=1S/C29H30ClF5N6O3/c1-13-8-16(36)37-22(19(13)29(33,34)35)17-20(30)24-18-23(21(17)32)38-26(44-11-27-5-3-7-41(27)10-14(31)9-27)39-25(18)40(2)28(12-43-24)6-4-15(28)42/h8,14-15,42H,3-7,9-12H2,1-2H3,(H2,36,37)/t14-,15?,27+,28?/m1/s1. The number of rotatable bonds is 4. The van der Waals surface area contributed by atoms with Crippen molar-refractivity contribution in [3.05, 3.63) is 28.0 Å². The van der Waals surface area contributed by atoms with Gasteiger partial charge in [0.25, 0.3) is 0 Å². The van der Waals surface area contributed by atoms with Crippen molar-refractivity contribution in [2.75, 3.05) is 44.0 Å². The predicted octanol–water partition coefficient (Wildman–Crippen LogP) is 5.07. The Morgan fingerprint density at radius 3 is 2.70 bits per heavy atom. The van der Waals surface area contributed by atoms with Gasteiger partial charge in [-0.3, -0.25) is 4.90 Å². The van der Waals surface area contributed by atoms with Crippen molar-refractivity contribution < 1.29 is 36.5 Å². The van der Waals surface area contributed by atoms with Gasteiger partial charge in [-0.15, -0.1) is 0 Å². The molecule has 0 amide bonds. The molecule has 3 aromatic rings. The largest absolute Gasteiger partial charge is 0.489 e. The molecule has 1 aliphatic carbocycles. The van der Waals surface area contributed by atoms with Gasteiger partial charge >= 0.3 is 12.2 Å². The summed E-state index contributed by atoms with van der Waals surface area (Å²) in [7, 11) is 1.67. The van der Waals surface area contributed by atoms with E-state index >= 15 is 4.39 Å². The van der Waals surface area contributed by atoms with Crippen molar-refractivity contribution in [3.63, 3.8) is 0 Å². The maximum Gasteiger partial charge on any atom is 0.418 e. The summed E-state index contributed by atoms with van der Waals surface area (Å²) in [5, 5.41) is 10.4. The number of aryl methyl sites for hydroxylation is 1. The Kier molecular flexibility index (Phi) is 6.62. The van der Waals surface area contributed by atoms with E-state index in [1.807, 2.05) is 4.90 Å². The minimum atomic E-state index is -4.92. The van der Waals surface area contributed by atoms with Crippen LogP contribution in [0, 0.1) is 12.7 Å². The first-order valence-corrected chi connectivity index (χ1v) is 14.8. The van der Waals surface area contributed by atoms with Crippen molar-refractivity contribution >= 4 is 34.1 Å². The molecule has 5 heterocycles. The molecule has 3 aliphatic heterocycles. The number of halogens is 6. The molecule has 0 radical (unpaired) electrons. The molecule has 9 nitrogen and oxygen atoms in total. The molecule has 15 heteroatoms. The van der Waals surface area contributed by atoms with Crippen LogP contribution in [0.25, 0.3) is 22.2 Å². The summed E-state index contributed by atoms with van der Waals surface area (Å²) in [6, 6.07) is 0.796. The van der Waals surface area contributed by atoms with E-state index in [2.05, 4.69) is 15.0 Å². The van der Waals surface area contributed by atoms with E-state index in [1.54, 1.807) is 11.9 Å². The van der Waals surface area contributed by atoms with E-state index in [0.29, 0.717) is 25.8 Å². The molecular weight excluding hydrogens is 611 g/mol. The molecule has 2 saturated heterocycles. The third-order valence-electron chi connectivity index (χ3n) is 9.85. The molecule has 1 aromatic carbocycles. The van der Waals surface area contributed by atoms with Gasteiger partial charge in [-0.1, -0.05) is 11.6 Å². The van der Waals surface area contributed by atoms with Gasteiger partial charge in [0.1, 0.15) is 42.1 Å². The molecular formula is C29H30ClF5N6O3. The molecule has 3 fully saturated rings. The number of aromatic nitrogens is 3. The highest BCUT2D eigenvalue weighted by Gasteiger charge is 2.53. The monoisotopic (exact) mass is 640 g/mol. The van der Waals surface area contributed by atoms with Gasteiger partial charge in [0.15, 0.2) is 11.6 Å². The number of alkyl halides is 4. The van der Waals surface area contributed by atoms with E-state index in [0.717, 1.165) is 19.0 Å². The summed E-state index contributed by atoms with van der Waals surface area (Å²) in [6.07, 6.45) is -3.95. The van der Waals surface area contributed by atoms with E-state index in [1.165, 1.54) is 6.92 Å². The average Bonchev–Trinajstić information content (AvgIpc) is 3.42. The van der Waals surface area contributed by atoms with Crippen LogP contribution in [0.4, 0.5) is 33.6 Å². The highest BCUT2D eigenvalue weighted by Crippen LogP contribution is 2.53. The fourth-order valence-corrected chi connectivity index (χ4v) is 7.76. The number of nitrogens with zero attached hydrogens (tertiary/aromatic N) is 5. The van der Waals surface area contributed by atoms with E-state index in [4.69, 9.17) is 26.8 Å². The SMILES string of the molecule is Cc1cc(N)nc(-c2c(Cl)c3c4c(nc(OC[C@@]56CCCN5C[C@H](F)C6)nc4c2F)N(C)C2(CCC2O)CO3)c1C(F)(F)F. The minimum absolute atomic E-state index is 0.0154. The highest BCUT2D eigenvalue weighted by molar-refractivity contribution is 6.36. The van der Waals surface area contributed by atoms with Crippen molar-refractivity contribution in [3.8, 4) is 23.0 Å². The second kappa shape index (κ2) is 9.88. The fraction of sp³-hybridized carbons (Fsp3) is 0.552. The molecule has 1 spiro atoms. The summed E-state index contributed by atoms with van der Waals surface area (Å²) in [5.41, 5.74) is 0.944. The summed E-state index contributed by atoms with van der Waals surface area (Å²) >= 11 is 6.71. The highest BCUT2D eigenvalue weighted by atomic mass is 35.5. The number of aliphatic hydroxyl groups excluding tert-OH is 1. The van der Waals surface area contributed by atoms with Crippen LogP contribution in [-0.4, -0.2) is 81.7 Å². The number of nitrogen functional groups attached to an aromatic ring is 1. The zero-order chi connectivity index (χ0) is 31.3. The Balaban J connectivity index is 1.45. The van der Waals surface area contributed by atoms with Gasteiger partial charge in [-0.2, -0.15) is 23.1 Å².